The van der Waals surface area contributed by atoms with Gasteiger partial charge in [-0.15, -0.1) is 0 Å². The predicted molar refractivity (Wildman–Crippen MR) is 84.1 cm³/mol. The number of nitrogens with zero attached hydrogens (tertiary/aromatic N) is 2. The van der Waals surface area contributed by atoms with Gasteiger partial charge in [0.05, 0.1) is 6.61 Å². The minimum absolute atomic E-state index is 0.0517. The Morgan fingerprint density at radius 2 is 2.10 bits per heavy atom. The molecule has 2 fully saturated rings. The van der Waals surface area contributed by atoms with E-state index in [1.807, 2.05) is 0 Å². The van der Waals surface area contributed by atoms with Crippen LogP contribution in [0.3, 0.4) is 0 Å². The summed E-state index contributed by atoms with van der Waals surface area (Å²) in [6.45, 7) is 11.8. The number of piperazine rings is 1. The minimum atomic E-state index is -0.0517. The Morgan fingerprint density at radius 1 is 1.25 bits per heavy atom. The molecule has 0 saturated carbocycles. The molecule has 0 aromatic heterocycles. The van der Waals surface area contributed by atoms with E-state index in [1.54, 1.807) is 0 Å². The smallest absolute Gasteiger partial charge is 0.0613 e. The molecule has 4 heteroatoms. The van der Waals surface area contributed by atoms with Crippen molar-refractivity contribution < 1.29 is 5.11 Å². The van der Waals surface area contributed by atoms with Gasteiger partial charge in [-0.25, -0.2) is 0 Å². The van der Waals surface area contributed by atoms with Crippen molar-refractivity contribution in [2.45, 2.75) is 57.5 Å². The fourth-order valence-electron chi connectivity index (χ4n) is 3.91. The van der Waals surface area contributed by atoms with E-state index in [0.717, 1.165) is 25.4 Å². The Morgan fingerprint density at radius 3 is 2.80 bits per heavy atom. The number of rotatable bonds is 8. The zero-order valence-electron chi connectivity index (χ0n) is 13.4. The van der Waals surface area contributed by atoms with Gasteiger partial charge in [0.25, 0.3) is 0 Å². The molecule has 2 rings (SSSR count). The number of hydrogen-bond acceptors (Lipinski definition) is 4. The molecule has 118 valence electrons. The molecule has 20 heavy (non-hydrogen) atoms. The second-order valence-electron chi connectivity index (χ2n) is 6.56. The van der Waals surface area contributed by atoms with E-state index >= 15 is 0 Å². The van der Waals surface area contributed by atoms with Gasteiger partial charge in [0, 0.05) is 31.2 Å². The summed E-state index contributed by atoms with van der Waals surface area (Å²) >= 11 is 0. The highest BCUT2D eigenvalue weighted by Gasteiger charge is 2.31. The Kier molecular flexibility index (Phi) is 6.27. The first-order valence-electron chi connectivity index (χ1n) is 8.55. The summed E-state index contributed by atoms with van der Waals surface area (Å²) in [5.41, 5.74) is -0.0517. The Bertz CT molecular complexity index is 281. The maximum atomic E-state index is 9.68. The summed E-state index contributed by atoms with van der Waals surface area (Å²) in [4.78, 5) is 5.30. The van der Waals surface area contributed by atoms with E-state index in [0.29, 0.717) is 0 Å². The molecule has 2 saturated heterocycles. The van der Waals surface area contributed by atoms with Crippen molar-refractivity contribution in [2.24, 2.45) is 0 Å². The van der Waals surface area contributed by atoms with Crippen molar-refractivity contribution in [1.82, 2.24) is 15.1 Å². The molecule has 2 unspecified atom stereocenters. The second-order valence-corrected chi connectivity index (χ2v) is 6.56. The summed E-state index contributed by atoms with van der Waals surface area (Å²) in [6.07, 6.45) is 6.06. The fraction of sp³-hybridized carbons (Fsp3) is 1.00. The van der Waals surface area contributed by atoms with E-state index in [1.165, 1.54) is 52.0 Å². The van der Waals surface area contributed by atoms with E-state index in [9.17, 15) is 5.11 Å². The number of aliphatic hydroxyl groups excluding tert-OH is 1. The van der Waals surface area contributed by atoms with Gasteiger partial charge in [0.2, 0.25) is 0 Å². The zero-order valence-corrected chi connectivity index (χ0v) is 13.4. The topological polar surface area (TPSA) is 38.7 Å². The third kappa shape index (κ3) is 3.94. The summed E-state index contributed by atoms with van der Waals surface area (Å²) in [7, 11) is 0. The molecular formula is C16H33N3O. The van der Waals surface area contributed by atoms with Crippen LogP contribution in [0.15, 0.2) is 0 Å². The number of aliphatic hydroxyl groups is 1. The summed E-state index contributed by atoms with van der Waals surface area (Å²) < 4.78 is 0. The first kappa shape index (κ1) is 16.2. The van der Waals surface area contributed by atoms with E-state index in [2.05, 4.69) is 29.0 Å². The lowest BCUT2D eigenvalue weighted by molar-refractivity contribution is 0.0948. The zero-order chi connectivity index (χ0) is 14.4. The molecule has 2 N–H and O–H groups in total. The summed E-state index contributed by atoms with van der Waals surface area (Å²) in [5.74, 6) is 0. The van der Waals surface area contributed by atoms with Crippen molar-refractivity contribution >= 4 is 0 Å². The molecule has 0 aliphatic carbocycles. The Balaban J connectivity index is 1.72. The Hall–Kier alpha value is -0.160. The molecule has 0 bridgehead atoms. The number of fused-ring (bicyclic) bond motifs is 1. The molecule has 2 aliphatic rings. The highest BCUT2D eigenvalue weighted by molar-refractivity contribution is 4.89. The quantitative estimate of drug-likeness (QED) is 0.704. The van der Waals surface area contributed by atoms with Gasteiger partial charge in [-0.1, -0.05) is 13.8 Å². The molecule has 2 aliphatic heterocycles. The second kappa shape index (κ2) is 7.74. The highest BCUT2D eigenvalue weighted by atomic mass is 16.3. The number of likely N-dealkylation sites (N-methyl/N-ethyl adjacent to an activating group) is 1. The maximum absolute atomic E-state index is 9.68. The van der Waals surface area contributed by atoms with Gasteiger partial charge in [0.1, 0.15) is 0 Å². The van der Waals surface area contributed by atoms with Crippen molar-refractivity contribution in [2.75, 3.05) is 45.9 Å². The van der Waals surface area contributed by atoms with Gasteiger partial charge in [0.15, 0.2) is 0 Å². The first-order valence-corrected chi connectivity index (χ1v) is 8.55. The highest BCUT2D eigenvalue weighted by Crippen LogP contribution is 2.22. The fourth-order valence-corrected chi connectivity index (χ4v) is 3.91. The van der Waals surface area contributed by atoms with E-state index in [-0.39, 0.29) is 12.1 Å². The van der Waals surface area contributed by atoms with Crippen LogP contribution in [0, 0.1) is 0 Å². The Labute approximate surface area is 124 Å². The van der Waals surface area contributed by atoms with Gasteiger partial charge < -0.3 is 15.3 Å². The normalized spacial score (nSPS) is 27.4. The molecular weight excluding hydrogens is 250 g/mol. The molecule has 2 heterocycles. The molecule has 2 atom stereocenters. The monoisotopic (exact) mass is 283 g/mol. The van der Waals surface area contributed by atoms with Crippen LogP contribution in [-0.4, -0.2) is 72.4 Å². The van der Waals surface area contributed by atoms with Crippen molar-refractivity contribution in [3.63, 3.8) is 0 Å². The molecule has 4 nitrogen and oxygen atoms in total. The van der Waals surface area contributed by atoms with Crippen LogP contribution in [0.4, 0.5) is 0 Å². The van der Waals surface area contributed by atoms with Crippen LogP contribution in [-0.2, 0) is 0 Å². The van der Waals surface area contributed by atoms with Crippen LogP contribution < -0.4 is 5.32 Å². The molecule has 0 spiro atoms. The van der Waals surface area contributed by atoms with Gasteiger partial charge in [-0.05, 0) is 51.7 Å². The van der Waals surface area contributed by atoms with Crippen LogP contribution in [0.2, 0.25) is 0 Å². The number of nitrogens with one attached hydrogen (secondary N) is 1. The lowest BCUT2D eigenvalue weighted by Gasteiger charge is -2.38. The standard InChI is InChI=1S/C16H33N3O/c1-3-16(14-20,17-4-2)8-6-9-18-11-12-19-10-5-7-15(19)13-18/h15,17,20H,3-14H2,1-2H3. The van der Waals surface area contributed by atoms with E-state index in [4.69, 9.17) is 0 Å². The summed E-state index contributed by atoms with van der Waals surface area (Å²) in [5, 5.41) is 13.2. The lowest BCUT2D eigenvalue weighted by atomic mass is 9.91. The van der Waals surface area contributed by atoms with Crippen LogP contribution >= 0.6 is 0 Å². The largest absolute Gasteiger partial charge is 0.394 e. The maximum Gasteiger partial charge on any atom is 0.0613 e. The molecule has 0 aromatic rings. The molecule has 0 aromatic carbocycles. The minimum Gasteiger partial charge on any atom is -0.394 e. The average Bonchev–Trinajstić information content (AvgIpc) is 2.94. The summed E-state index contributed by atoms with van der Waals surface area (Å²) in [6, 6.07) is 0.825. The van der Waals surface area contributed by atoms with Crippen molar-refractivity contribution in [3.05, 3.63) is 0 Å². The van der Waals surface area contributed by atoms with Gasteiger partial charge in [-0.2, -0.15) is 0 Å². The number of hydrogen-bond donors (Lipinski definition) is 2. The predicted octanol–water partition coefficient (Wildman–Crippen LogP) is 1.30. The van der Waals surface area contributed by atoms with Crippen LogP contribution in [0.25, 0.3) is 0 Å². The van der Waals surface area contributed by atoms with Gasteiger partial charge >= 0.3 is 0 Å². The van der Waals surface area contributed by atoms with Crippen molar-refractivity contribution in [1.29, 1.82) is 0 Å². The third-order valence-electron chi connectivity index (χ3n) is 5.33. The molecule has 0 radical (unpaired) electrons. The molecule has 0 amide bonds. The van der Waals surface area contributed by atoms with Crippen LogP contribution in [0.1, 0.15) is 46.0 Å². The third-order valence-corrected chi connectivity index (χ3v) is 5.33. The first-order chi connectivity index (χ1) is 9.73. The lowest BCUT2D eigenvalue weighted by Crippen LogP contribution is -2.51. The van der Waals surface area contributed by atoms with Gasteiger partial charge in [-0.3, -0.25) is 4.90 Å². The van der Waals surface area contributed by atoms with E-state index < -0.39 is 0 Å². The average molecular weight is 283 g/mol. The van der Waals surface area contributed by atoms with Crippen molar-refractivity contribution in [3.8, 4) is 0 Å². The van der Waals surface area contributed by atoms with Crippen LogP contribution in [0.5, 0.6) is 0 Å². The SMILES string of the molecule is CCNC(CC)(CO)CCCN1CCN2CCCC2C1.